The van der Waals surface area contributed by atoms with Crippen LogP contribution in [-0.2, 0) is 26.1 Å². The van der Waals surface area contributed by atoms with E-state index in [0.717, 1.165) is 0 Å². The number of aromatic nitrogens is 2. The number of esters is 1. The van der Waals surface area contributed by atoms with Crippen molar-refractivity contribution in [2.75, 3.05) is 20.3 Å². The van der Waals surface area contributed by atoms with Crippen LogP contribution in [0.4, 0.5) is 0 Å². The second-order valence-corrected chi connectivity index (χ2v) is 4.10. The lowest BCUT2D eigenvalue weighted by Crippen LogP contribution is -2.31. The normalized spacial score (nSPS) is 11.5. The molecule has 0 N–H and O–H groups in total. The predicted molar refractivity (Wildman–Crippen MR) is 59.5 cm³/mol. The van der Waals surface area contributed by atoms with Gasteiger partial charge in [0.15, 0.2) is 5.82 Å². The number of carbonyl (C=O) groups is 1. The molecule has 0 atom stereocenters. The fourth-order valence-corrected chi connectivity index (χ4v) is 1.20. The SMILES string of the molecule is CCOC(=O)C(C)(C)c1nc(CCOC)no1. The Morgan fingerprint density at radius 2 is 2.18 bits per heavy atom. The van der Waals surface area contributed by atoms with Gasteiger partial charge in [0.25, 0.3) is 0 Å². The van der Waals surface area contributed by atoms with Gasteiger partial charge < -0.3 is 14.0 Å². The molecular weight excluding hydrogens is 224 g/mol. The van der Waals surface area contributed by atoms with Gasteiger partial charge in [-0.3, -0.25) is 4.79 Å². The maximum absolute atomic E-state index is 11.7. The van der Waals surface area contributed by atoms with Gasteiger partial charge in [0, 0.05) is 13.5 Å². The number of nitrogens with zero attached hydrogens (tertiary/aromatic N) is 2. The minimum Gasteiger partial charge on any atom is -0.465 e. The van der Waals surface area contributed by atoms with E-state index in [9.17, 15) is 4.79 Å². The molecule has 0 aliphatic carbocycles. The van der Waals surface area contributed by atoms with E-state index in [2.05, 4.69) is 10.1 Å². The Morgan fingerprint density at radius 3 is 2.76 bits per heavy atom. The summed E-state index contributed by atoms with van der Waals surface area (Å²) in [7, 11) is 1.60. The first-order valence-corrected chi connectivity index (χ1v) is 5.51. The van der Waals surface area contributed by atoms with Crippen molar-refractivity contribution < 1.29 is 18.8 Å². The van der Waals surface area contributed by atoms with Crippen molar-refractivity contribution >= 4 is 5.97 Å². The molecule has 1 heterocycles. The van der Waals surface area contributed by atoms with Crippen LogP contribution < -0.4 is 0 Å². The predicted octanol–water partition coefficient (Wildman–Crippen LogP) is 1.10. The Bertz CT molecular complexity index is 373. The first-order valence-electron chi connectivity index (χ1n) is 5.51. The van der Waals surface area contributed by atoms with E-state index in [4.69, 9.17) is 14.0 Å². The number of rotatable bonds is 6. The van der Waals surface area contributed by atoms with Crippen molar-refractivity contribution in [1.29, 1.82) is 0 Å². The summed E-state index contributed by atoms with van der Waals surface area (Å²) in [5.41, 5.74) is -0.922. The van der Waals surface area contributed by atoms with Crippen LogP contribution in [-0.4, -0.2) is 36.4 Å². The molecule has 0 aliphatic rings. The summed E-state index contributed by atoms with van der Waals surface area (Å²) in [5.74, 6) is 0.420. The van der Waals surface area contributed by atoms with Crippen LogP contribution in [0.25, 0.3) is 0 Å². The third-order valence-electron chi connectivity index (χ3n) is 2.32. The zero-order chi connectivity index (χ0) is 12.9. The molecule has 6 heteroatoms. The summed E-state index contributed by atoms with van der Waals surface area (Å²) < 4.78 is 14.9. The summed E-state index contributed by atoms with van der Waals surface area (Å²) >= 11 is 0. The molecule has 1 rings (SSSR count). The van der Waals surface area contributed by atoms with Crippen LogP contribution in [0.1, 0.15) is 32.5 Å². The Balaban J connectivity index is 2.77. The number of hydrogen-bond acceptors (Lipinski definition) is 6. The molecule has 0 aliphatic heterocycles. The monoisotopic (exact) mass is 242 g/mol. The zero-order valence-corrected chi connectivity index (χ0v) is 10.6. The highest BCUT2D eigenvalue weighted by molar-refractivity contribution is 5.80. The van der Waals surface area contributed by atoms with Gasteiger partial charge >= 0.3 is 5.97 Å². The van der Waals surface area contributed by atoms with Crippen molar-refractivity contribution in [1.82, 2.24) is 10.1 Å². The second kappa shape index (κ2) is 5.77. The van der Waals surface area contributed by atoms with E-state index in [0.29, 0.717) is 25.5 Å². The van der Waals surface area contributed by atoms with Crippen molar-refractivity contribution in [2.45, 2.75) is 32.6 Å². The zero-order valence-electron chi connectivity index (χ0n) is 10.6. The van der Waals surface area contributed by atoms with Crippen molar-refractivity contribution in [3.05, 3.63) is 11.7 Å². The van der Waals surface area contributed by atoms with Crippen LogP contribution in [0.3, 0.4) is 0 Å². The second-order valence-electron chi connectivity index (χ2n) is 4.10. The van der Waals surface area contributed by atoms with Crippen LogP contribution in [0.2, 0.25) is 0 Å². The maximum Gasteiger partial charge on any atom is 0.321 e. The first-order chi connectivity index (χ1) is 8.02. The summed E-state index contributed by atoms with van der Waals surface area (Å²) in [6.45, 7) is 5.98. The van der Waals surface area contributed by atoms with E-state index < -0.39 is 5.41 Å². The lowest BCUT2D eigenvalue weighted by molar-refractivity contribution is -0.149. The van der Waals surface area contributed by atoms with Crippen molar-refractivity contribution in [2.24, 2.45) is 0 Å². The molecule has 0 amide bonds. The molecule has 0 saturated heterocycles. The molecule has 1 aromatic heterocycles. The van der Waals surface area contributed by atoms with Gasteiger partial charge in [-0.2, -0.15) is 4.98 Å². The topological polar surface area (TPSA) is 74.5 Å². The van der Waals surface area contributed by atoms with Crippen LogP contribution in [0.15, 0.2) is 4.52 Å². The van der Waals surface area contributed by atoms with Gasteiger partial charge in [-0.25, -0.2) is 0 Å². The molecular formula is C11H18N2O4. The van der Waals surface area contributed by atoms with Crippen LogP contribution in [0.5, 0.6) is 0 Å². The fourth-order valence-electron chi connectivity index (χ4n) is 1.20. The van der Waals surface area contributed by atoms with Gasteiger partial charge in [0.2, 0.25) is 5.89 Å². The lowest BCUT2D eigenvalue weighted by atomic mass is 9.94. The quantitative estimate of drug-likeness (QED) is 0.695. The molecule has 0 spiro atoms. The first kappa shape index (κ1) is 13.6. The van der Waals surface area contributed by atoms with Gasteiger partial charge in [0.05, 0.1) is 13.2 Å². The molecule has 0 aromatic carbocycles. The van der Waals surface area contributed by atoms with E-state index in [1.165, 1.54) is 0 Å². The van der Waals surface area contributed by atoms with E-state index in [1.54, 1.807) is 27.9 Å². The Hall–Kier alpha value is -1.43. The van der Waals surface area contributed by atoms with Crippen molar-refractivity contribution in [3.8, 4) is 0 Å². The standard InChI is InChI=1S/C11H18N2O4/c1-5-16-10(14)11(2,3)9-12-8(13-17-9)6-7-15-4/h5-7H2,1-4H3. The Morgan fingerprint density at radius 1 is 1.47 bits per heavy atom. The molecule has 6 nitrogen and oxygen atoms in total. The number of methoxy groups -OCH3 is 1. The number of carbonyl (C=O) groups excluding carboxylic acids is 1. The van der Waals surface area contributed by atoms with E-state index in [-0.39, 0.29) is 11.9 Å². The smallest absolute Gasteiger partial charge is 0.321 e. The molecule has 0 fully saturated rings. The fraction of sp³-hybridized carbons (Fsp3) is 0.727. The molecule has 0 unspecified atom stereocenters. The molecule has 96 valence electrons. The highest BCUT2D eigenvalue weighted by Gasteiger charge is 2.37. The van der Waals surface area contributed by atoms with E-state index >= 15 is 0 Å². The molecule has 17 heavy (non-hydrogen) atoms. The molecule has 1 aromatic rings. The summed E-state index contributed by atoms with van der Waals surface area (Å²) in [5, 5.41) is 3.79. The summed E-state index contributed by atoms with van der Waals surface area (Å²) in [6, 6.07) is 0. The van der Waals surface area contributed by atoms with Gasteiger partial charge in [0.1, 0.15) is 5.41 Å². The molecule has 0 radical (unpaired) electrons. The summed E-state index contributed by atoms with van der Waals surface area (Å²) in [6.07, 6.45) is 0.554. The minimum absolute atomic E-state index is 0.266. The van der Waals surface area contributed by atoms with Crippen LogP contribution >= 0.6 is 0 Å². The minimum atomic E-state index is -0.922. The van der Waals surface area contributed by atoms with Crippen LogP contribution in [0, 0.1) is 0 Å². The average molecular weight is 242 g/mol. The van der Waals surface area contributed by atoms with Gasteiger partial charge in [-0.15, -0.1) is 0 Å². The third-order valence-corrected chi connectivity index (χ3v) is 2.32. The third kappa shape index (κ3) is 3.26. The summed E-state index contributed by atoms with van der Waals surface area (Å²) in [4.78, 5) is 15.9. The number of ether oxygens (including phenoxy) is 2. The Labute approximate surface area is 100 Å². The Kier molecular flexibility index (Phi) is 4.62. The van der Waals surface area contributed by atoms with Gasteiger partial charge in [-0.05, 0) is 20.8 Å². The highest BCUT2D eigenvalue weighted by Crippen LogP contribution is 2.23. The average Bonchev–Trinajstić information content (AvgIpc) is 2.75. The van der Waals surface area contributed by atoms with Gasteiger partial charge in [-0.1, -0.05) is 5.16 Å². The molecule has 0 bridgehead atoms. The largest absolute Gasteiger partial charge is 0.465 e. The highest BCUT2D eigenvalue weighted by atomic mass is 16.5. The number of hydrogen-bond donors (Lipinski definition) is 0. The molecule has 0 saturated carbocycles. The van der Waals surface area contributed by atoms with E-state index in [1.807, 2.05) is 0 Å². The van der Waals surface area contributed by atoms with Crippen molar-refractivity contribution in [3.63, 3.8) is 0 Å². The maximum atomic E-state index is 11.7. The lowest BCUT2D eigenvalue weighted by Gasteiger charge is -2.16.